The highest BCUT2D eigenvalue weighted by molar-refractivity contribution is 5.78. The van der Waals surface area contributed by atoms with Gasteiger partial charge in [0.2, 0.25) is 0 Å². The van der Waals surface area contributed by atoms with E-state index in [1.54, 1.807) is 6.92 Å². The lowest BCUT2D eigenvalue weighted by molar-refractivity contribution is -0.125. The maximum absolute atomic E-state index is 11.3. The van der Waals surface area contributed by atoms with Gasteiger partial charge >= 0.3 is 0 Å². The topological polar surface area (TPSA) is 17.1 Å². The summed E-state index contributed by atoms with van der Waals surface area (Å²) in [4.78, 5) is 11.3. The molecule has 1 heteroatoms. The van der Waals surface area contributed by atoms with Crippen molar-refractivity contribution in [2.45, 2.75) is 41.5 Å². The minimum atomic E-state index is -0.0411. The Hall–Kier alpha value is -0.590. The summed E-state index contributed by atoms with van der Waals surface area (Å²) in [6.07, 6.45) is 1.94. The zero-order chi connectivity index (χ0) is 10.9. The first kappa shape index (κ1) is 12.4. The van der Waals surface area contributed by atoms with Gasteiger partial charge in [0.1, 0.15) is 5.78 Å². The van der Waals surface area contributed by atoms with Crippen LogP contribution in [-0.2, 0) is 4.79 Å². The summed E-state index contributed by atoms with van der Waals surface area (Å²) in [7, 11) is 0. The van der Waals surface area contributed by atoms with Gasteiger partial charge in [0, 0.05) is 5.92 Å². The number of allylic oxidation sites excluding steroid dienone is 1. The van der Waals surface area contributed by atoms with Crippen LogP contribution in [0.15, 0.2) is 12.7 Å². The number of hydrogen-bond donors (Lipinski definition) is 0. The molecule has 1 atom stereocenters. The molecule has 0 radical (unpaired) electrons. The van der Waals surface area contributed by atoms with Crippen LogP contribution in [0.3, 0.4) is 0 Å². The summed E-state index contributed by atoms with van der Waals surface area (Å²) in [5.74, 6) is 0.320. The van der Waals surface area contributed by atoms with Crippen molar-refractivity contribution in [3.63, 3.8) is 0 Å². The molecule has 0 aromatic rings. The Morgan fingerprint density at radius 3 is 1.92 bits per heavy atom. The van der Waals surface area contributed by atoms with Gasteiger partial charge in [-0.25, -0.2) is 0 Å². The van der Waals surface area contributed by atoms with Gasteiger partial charge in [0.25, 0.3) is 0 Å². The van der Waals surface area contributed by atoms with Crippen LogP contribution in [0.4, 0.5) is 0 Å². The van der Waals surface area contributed by atoms with E-state index in [1.165, 1.54) is 0 Å². The van der Waals surface area contributed by atoms with Crippen molar-refractivity contribution in [2.24, 2.45) is 16.7 Å². The Balaban J connectivity index is 4.95. The number of hydrogen-bond acceptors (Lipinski definition) is 1. The molecule has 0 spiro atoms. The third-order valence-electron chi connectivity index (χ3n) is 3.86. The van der Waals surface area contributed by atoms with Crippen LogP contribution < -0.4 is 0 Å². The van der Waals surface area contributed by atoms with Crippen LogP contribution in [0.1, 0.15) is 41.5 Å². The SMILES string of the molecule is C=CC(C)(C)C(C)(C)[C@@H](C)C(C)=O. The second-order valence-corrected chi connectivity index (χ2v) is 4.98. The van der Waals surface area contributed by atoms with Gasteiger partial charge in [-0.05, 0) is 17.8 Å². The fourth-order valence-corrected chi connectivity index (χ4v) is 1.33. The molecule has 0 aliphatic carbocycles. The van der Waals surface area contributed by atoms with Gasteiger partial charge in [0.15, 0.2) is 0 Å². The summed E-state index contributed by atoms with van der Waals surface area (Å²) in [5, 5.41) is 0. The highest BCUT2D eigenvalue weighted by Gasteiger charge is 2.40. The fraction of sp³-hybridized carbons (Fsp3) is 0.750. The smallest absolute Gasteiger partial charge is 0.133 e. The van der Waals surface area contributed by atoms with E-state index in [9.17, 15) is 4.79 Å². The second kappa shape index (κ2) is 3.65. The van der Waals surface area contributed by atoms with Crippen molar-refractivity contribution in [1.29, 1.82) is 0 Å². The van der Waals surface area contributed by atoms with Crippen LogP contribution in [0, 0.1) is 16.7 Å². The van der Waals surface area contributed by atoms with E-state index in [-0.39, 0.29) is 22.5 Å². The second-order valence-electron chi connectivity index (χ2n) is 4.98. The molecular formula is C12H22O. The van der Waals surface area contributed by atoms with E-state index < -0.39 is 0 Å². The van der Waals surface area contributed by atoms with E-state index >= 15 is 0 Å². The number of carbonyl (C=O) groups excluding carboxylic acids is 1. The lowest BCUT2D eigenvalue weighted by atomic mass is 9.61. The standard InChI is InChI=1S/C12H22O/c1-8-11(4,5)12(6,7)9(2)10(3)13/h8-9H,1H2,2-7H3/t9-/m0/s1. The maximum atomic E-state index is 11.3. The van der Waals surface area contributed by atoms with Crippen molar-refractivity contribution in [2.75, 3.05) is 0 Å². The Bertz CT molecular complexity index is 211. The first-order valence-corrected chi connectivity index (χ1v) is 4.81. The zero-order valence-electron chi connectivity index (χ0n) is 9.77. The van der Waals surface area contributed by atoms with Gasteiger partial charge in [-0.2, -0.15) is 0 Å². The number of carbonyl (C=O) groups is 1. The number of Topliss-reactive ketones (excluding diaryl/α,β-unsaturated/α-hetero) is 1. The van der Waals surface area contributed by atoms with Crippen LogP contribution in [0.25, 0.3) is 0 Å². The predicted molar refractivity (Wildman–Crippen MR) is 57.6 cm³/mol. The largest absolute Gasteiger partial charge is 0.300 e. The highest BCUT2D eigenvalue weighted by atomic mass is 16.1. The summed E-state index contributed by atoms with van der Waals surface area (Å²) in [6, 6.07) is 0. The lowest BCUT2D eigenvalue weighted by Crippen LogP contribution is -2.39. The molecule has 0 rings (SSSR count). The summed E-state index contributed by atoms with van der Waals surface area (Å²) in [6.45, 7) is 16.0. The van der Waals surface area contributed by atoms with Crippen molar-refractivity contribution < 1.29 is 4.79 Å². The average Bonchev–Trinajstić information content (AvgIpc) is 2.02. The molecule has 0 saturated heterocycles. The first-order chi connectivity index (χ1) is 5.66. The quantitative estimate of drug-likeness (QED) is 0.609. The number of rotatable bonds is 4. The molecule has 0 unspecified atom stereocenters. The lowest BCUT2D eigenvalue weighted by Gasteiger charge is -2.43. The number of ketones is 1. The average molecular weight is 182 g/mol. The fourth-order valence-electron chi connectivity index (χ4n) is 1.33. The van der Waals surface area contributed by atoms with E-state index in [2.05, 4.69) is 34.3 Å². The summed E-state index contributed by atoms with van der Waals surface area (Å²) >= 11 is 0. The Morgan fingerprint density at radius 2 is 1.69 bits per heavy atom. The molecule has 0 fully saturated rings. The molecule has 76 valence electrons. The predicted octanol–water partition coefficient (Wildman–Crippen LogP) is 3.45. The van der Waals surface area contributed by atoms with E-state index in [1.807, 2.05) is 13.0 Å². The third-order valence-corrected chi connectivity index (χ3v) is 3.86. The maximum Gasteiger partial charge on any atom is 0.133 e. The van der Waals surface area contributed by atoms with E-state index in [0.717, 1.165) is 0 Å². The summed E-state index contributed by atoms with van der Waals surface area (Å²) in [5.41, 5.74) is -0.0569. The minimum absolute atomic E-state index is 0.0158. The first-order valence-electron chi connectivity index (χ1n) is 4.81. The van der Waals surface area contributed by atoms with Crippen molar-refractivity contribution >= 4 is 5.78 Å². The van der Waals surface area contributed by atoms with Crippen LogP contribution in [-0.4, -0.2) is 5.78 Å². The molecule has 0 aromatic heterocycles. The molecule has 0 amide bonds. The Kier molecular flexibility index (Phi) is 3.48. The summed E-state index contributed by atoms with van der Waals surface area (Å²) < 4.78 is 0. The van der Waals surface area contributed by atoms with Gasteiger partial charge in [0.05, 0.1) is 0 Å². The molecule has 0 aliphatic heterocycles. The normalized spacial score (nSPS) is 15.2. The van der Waals surface area contributed by atoms with Gasteiger partial charge in [-0.1, -0.05) is 40.7 Å². The monoisotopic (exact) mass is 182 g/mol. The van der Waals surface area contributed by atoms with E-state index in [4.69, 9.17) is 0 Å². The van der Waals surface area contributed by atoms with Gasteiger partial charge in [-0.3, -0.25) is 4.79 Å². The minimum Gasteiger partial charge on any atom is -0.300 e. The van der Waals surface area contributed by atoms with Crippen molar-refractivity contribution in [1.82, 2.24) is 0 Å². The zero-order valence-corrected chi connectivity index (χ0v) is 9.77. The van der Waals surface area contributed by atoms with Gasteiger partial charge < -0.3 is 0 Å². The Labute approximate surface area is 82.2 Å². The Morgan fingerprint density at radius 1 is 1.31 bits per heavy atom. The highest BCUT2D eigenvalue weighted by Crippen LogP contribution is 2.45. The van der Waals surface area contributed by atoms with Gasteiger partial charge in [-0.15, -0.1) is 6.58 Å². The van der Waals surface area contributed by atoms with Crippen LogP contribution >= 0.6 is 0 Å². The van der Waals surface area contributed by atoms with Crippen LogP contribution in [0.5, 0.6) is 0 Å². The van der Waals surface area contributed by atoms with Crippen molar-refractivity contribution in [3.8, 4) is 0 Å². The molecule has 13 heavy (non-hydrogen) atoms. The molecular weight excluding hydrogens is 160 g/mol. The molecule has 1 nitrogen and oxygen atoms in total. The molecule has 0 bridgehead atoms. The van der Waals surface area contributed by atoms with E-state index in [0.29, 0.717) is 0 Å². The van der Waals surface area contributed by atoms with Crippen molar-refractivity contribution in [3.05, 3.63) is 12.7 Å². The van der Waals surface area contributed by atoms with Crippen LogP contribution in [0.2, 0.25) is 0 Å². The molecule has 0 saturated carbocycles. The molecule has 0 aromatic carbocycles. The third kappa shape index (κ3) is 2.20. The molecule has 0 aliphatic rings. The molecule has 0 N–H and O–H groups in total. The molecule has 0 heterocycles.